The summed E-state index contributed by atoms with van der Waals surface area (Å²) in [4.78, 5) is 4.45. The van der Waals surface area contributed by atoms with Gasteiger partial charge in [0.15, 0.2) is 11.8 Å². The highest BCUT2D eigenvalue weighted by Gasteiger charge is 2.13. The van der Waals surface area contributed by atoms with Gasteiger partial charge in [0, 0.05) is 18.7 Å². The lowest BCUT2D eigenvalue weighted by atomic mass is 9.90. The zero-order valence-electron chi connectivity index (χ0n) is 15.6. The summed E-state index contributed by atoms with van der Waals surface area (Å²) in [6.45, 7) is 0.515. The minimum atomic E-state index is 0. The Morgan fingerprint density at radius 3 is 2.75 bits per heavy atom. The van der Waals surface area contributed by atoms with E-state index in [-0.39, 0.29) is 24.0 Å². The second-order valence-electron chi connectivity index (χ2n) is 6.63. The fraction of sp³-hybridized carbons (Fsp3) is 0.300. The maximum Gasteiger partial charge on any atom is 0.193 e. The number of nitrogens with zero attached hydrogens (tertiary/aromatic N) is 5. The Kier molecular flexibility index (Phi) is 6.96. The van der Waals surface area contributed by atoms with Crippen LogP contribution in [0.25, 0.3) is 5.69 Å². The molecule has 1 aromatic heterocycles. The largest absolute Gasteiger partial charge is 0.370 e. The second kappa shape index (κ2) is 9.63. The maximum atomic E-state index is 6.11. The van der Waals surface area contributed by atoms with Crippen molar-refractivity contribution >= 4 is 35.6 Å². The first-order valence-electron chi connectivity index (χ1n) is 9.31. The molecular formula is C20H24IN7. The number of halogens is 1. The molecule has 0 bridgehead atoms. The summed E-state index contributed by atoms with van der Waals surface area (Å²) >= 11 is 0. The summed E-state index contributed by atoms with van der Waals surface area (Å²) in [5, 5.41) is 15.2. The number of nitrogens with one attached hydrogen (secondary N) is 1. The van der Waals surface area contributed by atoms with Crippen LogP contribution < -0.4 is 11.1 Å². The lowest BCUT2D eigenvalue weighted by molar-refractivity contribution is 0.687. The van der Waals surface area contributed by atoms with Crippen molar-refractivity contribution in [2.75, 3.05) is 11.9 Å². The number of aryl methyl sites for hydroxylation is 1. The van der Waals surface area contributed by atoms with E-state index in [1.54, 1.807) is 4.68 Å². The molecule has 0 spiro atoms. The van der Waals surface area contributed by atoms with Gasteiger partial charge in [-0.25, -0.2) is 0 Å². The lowest BCUT2D eigenvalue weighted by Crippen LogP contribution is -2.24. The fourth-order valence-electron chi connectivity index (χ4n) is 3.48. The van der Waals surface area contributed by atoms with Gasteiger partial charge >= 0.3 is 0 Å². The molecule has 0 aliphatic heterocycles. The number of anilines is 1. The van der Waals surface area contributed by atoms with Crippen LogP contribution in [0, 0.1) is 0 Å². The third-order valence-corrected chi connectivity index (χ3v) is 4.81. The number of hydrogen-bond donors (Lipinski definition) is 2. The molecule has 3 N–H and O–H groups in total. The highest BCUT2D eigenvalue weighted by Crippen LogP contribution is 2.27. The number of hydrogen-bond acceptors (Lipinski definition) is 4. The monoisotopic (exact) mass is 489 g/mol. The van der Waals surface area contributed by atoms with Crippen molar-refractivity contribution in [3.05, 3.63) is 65.5 Å². The molecule has 8 heteroatoms. The number of aliphatic imine (C=N–C) groups is 1. The molecule has 1 heterocycles. The van der Waals surface area contributed by atoms with Crippen LogP contribution in [0.3, 0.4) is 0 Å². The molecule has 0 atom stereocenters. The number of guanidine groups is 1. The van der Waals surface area contributed by atoms with Crippen molar-refractivity contribution in [2.24, 2.45) is 10.7 Å². The van der Waals surface area contributed by atoms with Crippen molar-refractivity contribution in [1.29, 1.82) is 0 Å². The summed E-state index contributed by atoms with van der Waals surface area (Å²) in [6, 6.07) is 16.2. The van der Waals surface area contributed by atoms with Crippen LogP contribution in [0.4, 0.5) is 5.69 Å². The van der Waals surface area contributed by atoms with E-state index in [0.717, 1.165) is 30.0 Å². The van der Waals surface area contributed by atoms with Gasteiger partial charge in [-0.15, -0.1) is 29.1 Å². The first kappa shape index (κ1) is 20.2. The highest BCUT2D eigenvalue weighted by molar-refractivity contribution is 14.0. The van der Waals surface area contributed by atoms with Gasteiger partial charge in [-0.3, -0.25) is 4.99 Å². The number of fused-ring (bicyclic) bond motifs is 1. The van der Waals surface area contributed by atoms with Crippen LogP contribution in [-0.2, 0) is 19.3 Å². The summed E-state index contributed by atoms with van der Waals surface area (Å²) in [7, 11) is 0. The normalized spacial score (nSPS) is 13.5. The molecular weight excluding hydrogens is 465 g/mol. The van der Waals surface area contributed by atoms with Crippen LogP contribution in [0.5, 0.6) is 0 Å². The summed E-state index contributed by atoms with van der Waals surface area (Å²) < 4.78 is 1.73. The molecule has 0 radical (unpaired) electrons. The van der Waals surface area contributed by atoms with Gasteiger partial charge in [0.2, 0.25) is 0 Å². The molecule has 0 unspecified atom stereocenters. The molecule has 0 saturated carbocycles. The van der Waals surface area contributed by atoms with E-state index in [4.69, 9.17) is 5.73 Å². The molecule has 2 aromatic carbocycles. The van der Waals surface area contributed by atoms with Crippen molar-refractivity contribution < 1.29 is 0 Å². The Morgan fingerprint density at radius 1 is 1.07 bits per heavy atom. The van der Waals surface area contributed by atoms with Crippen LogP contribution in [0.2, 0.25) is 0 Å². The molecule has 1 aliphatic carbocycles. The topological polar surface area (TPSA) is 94.0 Å². The van der Waals surface area contributed by atoms with E-state index in [1.807, 2.05) is 30.3 Å². The van der Waals surface area contributed by atoms with E-state index in [9.17, 15) is 0 Å². The molecule has 28 heavy (non-hydrogen) atoms. The first-order chi connectivity index (χ1) is 13.3. The second-order valence-corrected chi connectivity index (χ2v) is 6.63. The van der Waals surface area contributed by atoms with E-state index >= 15 is 0 Å². The summed E-state index contributed by atoms with van der Waals surface area (Å²) in [6.07, 6.45) is 5.33. The average Bonchev–Trinajstić information content (AvgIpc) is 3.17. The molecule has 1 aliphatic rings. The number of rotatable bonds is 5. The van der Waals surface area contributed by atoms with Crippen LogP contribution in [-0.4, -0.2) is 32.7 Å². The number of nitrogens with two attached hydrogens (primary N) is 1. The van der Waals surface area contributed by atoms with Gasteiger partial charge in [0.05, 0.1) is 5.69 Å². The quantitative estimate of drug-likeness (QED) is 0.326. The summed E-state index contributed by atoms with van der Waals surface area (Å²) in [5.74, 6) is 1.18. The van der Waals surface area contributed by atoms with Gasteiger partial charge in [0.1, 0.15) is 0 Å². The zero-order chi connectivity index (χ0) is 18.5. The van der Waals surface area contributed by atoms with Gasteiger partial charge in [0.25, 0.3) is 0 Å². The van der Waals surface area contributed by atoms with E-state index in [0.29, 0.717) is 18.9 Å². The van der Waals surface area contributed by atoms with E-state index in [2.05, 4.69) is 44.0 Å². The molecule has 0 saturated heterocycles. The molecule has 146 valence electrons. The lowest BCUT2D eigenvalue weighted by Gasteiger charge is -2.19. The summed E-state index contributed by atoms with van der Waals surface area (Å²) in [5.41, 5.74) is 10.9. The Balaban J connectivity index is 0.00000225. The van der Waals surface area contributed by atoms with Crippen LogP contribution >= 0.6 is 24.0 Å². The van der Waals surface area contributed by atoms with Crippen molar-refractivity contribution in [2.45, 2.75) is 32.1 Å². The fourth-order valence-corrected chi connectivity index (χ4v) is 3.48. The maximum absolute atomic E-state index is 6.11. The predicted octanol–water partition coefficient (Wildman–Crippen LogP) is 3.13. The van der Waals surface area contributed by atoms with Gasteiger partial charge < -0.3 is 11.1 Å². The van der Waals surface area contributed by atoms with Crippen molar-refractivity contribution in [3.8, 4) is 5.69 Å². The standard InChI is InChI=1S/C20H23N7.HI/c21-20(23-18-12-6-8-15-7-4-5-11-17(15)18)22-14-13-19-24-25-26-27(19)16-9-2-1-3-10-16;/h1-3,6,8-10,12H,4-5,7,11,13-14H2,(H3,21,22,23);1H. The van der Waals surface area contributed by atoms with Crippen LogP contribution in [0.15, 0.2) is 53.5 Å². The molecule has 0 fully saturated rings. The molecule has 0 amide bonds. The third kappa shape index (κ3) is 4.67. The third-order valence-electron chi connectivity index (χ3n) is 4.81. The van der Waals surface area contributed by atoms with Gasteiger partial charge in [-0.2, -0.15) is 4.68 Å². The Labute approximate surface area is 181 Å². The molecule has 3 aromatic rings. The highest BCUT2D eigenvalue weighted by atomic mass is 127. The number of para-hydroxylation sites is 1. The van der Waals surface area contributed by atoms with Crippen LogP contribution in [0.1, 0.15) is 29.8 Å². The minimum absolute atomic E-state index is 0. The van der Waals surface area contributed by atoms with Gasteiger partial charge in [-0.05, 0) is 65.4 Å². The van der Waals surface area contributed by atoms with Gasteiger partial charge in [-0.1, -0.05) is 30.3 Å². The molecule has 7 nitrogen and oxygen atoms in total. The molecule has 4 rings (SSSR count). The van der Waals surface area contributed by atoms with Crippen molar-refractivity contribution in [3.63, 3.8) is 0 Å². The number of tetrazole rings is 1. The average molecular weight is 489 g/mol. The van der Waals surface area contributed by atoms with E-state index in [1.165, 1.54) is 24.0 Å². The first-order valence-corrected chi connectivity index (χ1v) is 9.31. The van der Waals surface area contributed by atoms with Crippen molar-refractivity contribution in [1.82, 2.24) is 20.2 Å². The SMILES string of the molecule is I.NC(=NCCc1nnnn1-c1ccccc1)Nc1cccc2c1CCCC2. The minimum Gasteiger partial charge on any atom is -0.370 e. The smallest absolute Gasteiger partial charge is 0.193 e. The van der Waals surface area contributed by atoms with E-state index < -0.39 is 0 Å². The number of aromatic nitrogens is 4. The Morgan fingerprint density at radius 2 is 1.89 bits per heavy atom. The zero-order valence-corrected chi connectivity index (χ0v) is 17.9. The number of benzene rings is 2. The Hall–Kier alpha value is -2.49. The Bertz CT molecular complexity index is 937. The predicted molar refractivity (Wildman–Crippen MR) is 121 cm³/mol.